The van der Waals surface area contributed by atoms with Gasteiger partial charge in [0.1, 0.15) is 11.8 Å². The highest BCUT2D eigenvalue weighted by molar-refractivity contribution is 5.06. The van der Waals surface area contributed by atoms with E-state index in [0.29, 0.717) is 5.56 Å². The van der Waals surface area contributed by atoms with Crippen LogP contribution < -0.4 is 11.2 Å². The average molecular weight is 296 g/mol. The molecule has 0 aliphatic carbocycles. The SMILES string of the molecule is C=CCC1(CO)OC(n2cc(C)c(=O)[nH]c2=O)C(C)C1O. The Hall–Kier alpha value is -1.70. The van der Waals surface area contributed by atoms with Crippen LogP contribution in [0.3, 0.4) is 0 Å². The molecule has 1 saturated heterocycles. The molecule has 4 atom stereocenters. The molecule has 1 aromatic heterocycles. The van der Waals surface area contributed by atoms with Gasteiger partial charge in [-0.25, -0.2) is 4.79 Å². The van der Waals surface area contributed by atoms with Crippen molar-refractivity contribution in [3.05, 3.63) is 45.3 Å². The fraction of sp³-hybridized carbons (Fsp3) is 0.571. The number of nitrogens with one attached hydrogen (secondary N) is 1. The Morgan fingerprint density at radius 1 is 1.57 bits per heavy atom. The second-order valence-electron chi connectivity index (χ2n) is 5.51. The zero-order chi connectivity index (χ0) is 15.8. The topological polar surface area (TPSA) is 105 Å². The van der Waals surface area contributed by atoms with E-state index in [1.54, 1.807) is 19.9 Å². The molecule has 0 aromatic carbocycles. The maximum absolute atomic E-state index is 12.0. The first-order valence-corrected chi connectivity index (χ1v) is 6.76. The van der Waals surface area contributed by atoms with Crippen molar-refractivity contribution < 1.29 is 14.9 Å². The highest BCUT2D eigenvalue weighted by Crippen LogP contribution is 2.42. The van der Waals surface area contributed by atoms with E-state index in [0.717, 1.165) is 0 Å². The van der Waals surface area contributed by atoms with Crippen molar-refractivity contribution in [2.75, 3.05) is 6.61 Å². The molecule has 1 fully saturated rings. The van der Waals surface area contributed by atoms with Gasteiger partial charge in [-0.1, -0.05) is 13.0 Å². The van der Waals surface area contributed by atoms with Crippen molar-refractivity contribution in [2.24, 2.45) is 5.92 Å². The first-order valence-electron chi connectivity index (χ1n) is 6.76. The predicted octanol–water partition coefficient (Wildman–Crippen LogP) is -0.322. The monoisotopic (exact) mass is 296 g/mol. The van der Waals surface area contributed by atoms with Gasteiger partial charge >= 0.3 is 5.69 Å². The van der Waals surface area contributed by atoms with Gasteiger partial charge in [-0.05, 0) is 13.3 Å². The maximum Gasteiger partial charge on any atom is 0.330 e. The third kappa shape index (κ3) is 2.48. The minimum Gasteiger partial charge on any atom is -0.393 e. The van der Waals surface area contributed by atoms with E-state index in [9.17, 15) is 19.8 Å². The Balaban J connectivity index is 2.47. The summed E-state index contributed by atoms with van der Waals surface area (Å²) in [6, 6.07) is 0. The molecule has 2 rings (SSSR count). The second-order valence-corrected chi connectivity index (χ2v) is 5.51. The van der Waals surface area contributed by atoms with Gasteiger partial charge in [-0.3, -0.25) is 14.3 Å². The highest BCUT2D eigenvalue weighted by Gasteiger charge is 2.52. The summed E-state index contributed by atoms with van der Waals surface area (Å²) < 4.78 is 7.04. The van der Waals surface area contributed by atoms with E-state index in [1.807, 2.05) is 0 Å². The Morgan fingerprint density at radius 3 is 2.81 bits per heavy atom. The number of aliphatic hydroxyl groups excluding tert-OH is 2. The van der Waals surface area contributed by atoms with Gasteiger partial charge in [0.15, 0.2) is 0 Å². The summed E-state index contributed by atoms with van der Waals surface area (Å²) in [5, 5.41) is 20.0. The number of ether oxygens (including phenoxy) is 1. The number of aromatic amines is 1. The maximum atomic E-state index is 12.0. The number of hydrogen-bond acceptors (Lipinski definition) is 5. The van der Waals surface area contributed by atoms with E-state index in [4.69, 9.17) is 4.74 Å². The minimum atomic E-state index is -1.19. The molecule has 0 amide bonds. The van der Waals surface area contributed by atoms with Gasteiger partial charge < -0.3 is 14.9 Å². The fourth-order valence-electron chi connectivity index (χ4n) is 2.75. The van der Waals surface area contributed by atoms with Crippen molar-refractivity contribution >= 4 is 0 Å². The van der Waals surface area contributed by atoms with E-state index in [1.165, 1.54) is 10.8 Å². The van der Waals surface area contributed by atoms with Crippen molar-refractivity contribution in [2.45, 2.75) is 38.2 Å². The van der Waals surface area contributed by atoms with Crippen LogP contribution in [0.1, 0.15) is 25.1 Å². The third-order valence-electron chi connectivity index (χ3n) is 4.02. The zero-order valence-electron chi connectivity index (χ0n) is 12.1. The normalized spacial score (nSPS) is 32.3. The van der Waals surface area contributed by atoms with Gasteiger partial charge in [0.2, 0.25) is 0 Å². The van der Waals surface area contributed by atoms with Gasteiger partial charge in [0.05, 0.1) is 12.7 Å². The Bertz CT molecular complexity index is 649. The second kappa shape index (κ2) is 5.59. The molecule has 7 heteroatoms. The fourth-order valence-corrected chi connectivity index (χ4v) is 2.75. The van der Waals surface area contributed by atoms with Gasteiger partial charge in [-0.15, -0.1) is 6.58 Å². The largest absolute Gasteiger partial charge is 0.393 e. The van der Waals surface area contributed by atoms with Crippen LogP contribution in [0.5, 0.6) is 0 Å². The van der Waals surface area contributed by atoms with Crippen LogP contribution in [0.2, 0.25) is 0 Å². The Labute approximate surface area is 121 Å². The number of aliphatic hydroxyl groups is 2. The average Bonchev–Trinajstić information content (AvgIpc) is 2.69. The van der Waals surface area contributed by atoms with Gasteiger partial charge in [0, 0.05) is 17.7 Å². The van der Waals surface area contributed by atoms with Crippen LogP contribution in [0.15, 0.2) is 28.4 Å². The molecule has 7 nitrogen and oxygen atoms in total. The van der Waals surface area contributed by atoms with E-state index in [2.05, 4.69) is 11.6 Å². The number of aromatic nitrogens is 2. The Morgan fingerprint density at radius 2 is 2.24 bits per heavy atom. The summed E-state index contributed by atoms with van der Waals surface area (Å²) >= 11 is 0. The van der Waals surface area contributed by atoms with Crippen molar-refractivity contribution in [1.82, 2.24) is 9.55 Å². The lowest BCUT2D eigenvalue weighted by atomic mass is 9.88. The van der Waals surface area contributed by atoms with Gasteiger partial charge in [0.25, 0.3) is 5.56 Å². The molecule has 0 saturated carbocycles. The van der Waals surface area contributed by atoms with Crippen LogP contribution in [0, 0.1) is 12.8 Å². The highest BCUT2D eigenvalue weighted by atomic mass is 16.6. The number of nitrogens with zero attached hydrogens (tertiary/aromatic N) is 1. The number of H-pyrrole nitrogens is 1. The number of hydrogen-bond donors (Lipinski definition) is 3. The lowest BCUT2D eigenvalue weighted by molar-refractivity contribution is -0.126. The molecule has 0 radical (unpaired) electrons. The first kappa shape index (κ1) is 15.7. The third-order valence-corrected chi connectivity index (χ3v) is 4.02. The Kier molecular flexibility index (Phi) is 4.18. The van der Waals surface area contributed by atoms with Crippen LogP contribution in [-0.4, -0.2) is 38.1 Å². The molecular formula is C14H20N2O5. The summed E-state index contributed by atoms with van der Waals surface area (Å²) in [6.07, 6.45) is 1.48. The summed E-state index contributed by atoms with van der Waals surface area (Å²) in [4.78, 5) is 25.6. The molecule has 0 bridgehead atoms. The molecule has 1 aliphatic rings. The smallest absolute Gasteiger partial charge is 0.330 e. The zero-order valence-corrected chi connectivity index (χ0v) is 12.1. The van der Waals surface area contributed by atoms with Crippen molar-refractivity contribution in [3.63, 3.8) is 0 Å². The molecule has 0 spiro atoms. The predicted molar refractivity (Wildman–Crippen MR) is 76.0 cm³/mol. The summed E-state index contributed by atoms with van der Waals surface area (Å²) in [6.45, 7) is 6.51. The van der Waals surface area contributed by atoms with E-state index >= 15 is 0 Å². The minimum absolute atomic E-state index is 0.253. The number of aryl methyl sites for hydroxylation is 1. The van der Waals surface area contributed by atoms with Crippen molar-refractivity contribution in [3.8, 4) is 0 Å². The lowest BCUT2D eigenvalue weighted by Crippen LogP contribution is -2.44. The molecule has 21 heavy (non-hydrogen) atoms. The van der Waals surface area contributed by atoms with Crippen LogP contribution in [-0.2, 0) is 4.74 Å². The molecule has 116 valence electrons. The molecule has 1 aliphatic heterocycles. The summed E-state index contributed by atoms with van der Waals surface area (Å²) in [7, 11) is 0. The van der Waals surface area contributed by atoms with Crippen LogP contribution >= 0.6 is 0 Å². The molecule has 4 unspecified atom stereocenters. The molecule has 3 N–H and O–H groups in total. The lowest BCUT2D eigenvalue weighted by Gasteiger charge is -2.29. The molecular weight excluding hydrogens is 276 g/mol. The van der Waals surface area contributed by atoms with E-state index in [-0.39, 0.29) is 6.42 Å². The van der Waals surface area contributed by atoms with E-state index < -0.39 is 41.7 Å². The standard InChI is InChI=1S/C14H20N2O5/c1-4-5-14(7-17)10(18)9(3)12(21-14)16-6-8(2)11(19)15-13(16)20/h4,6,9-10,12,17-18H,1,5,7H2,2-3H3,(H,15,19,20). The van der Waals surface area contributed by atoms with Gasteiger partial charge in [-0.2, -0.15) is 0 Å². The first-order chi connectivity index (χ1) is 9.86. The van der Waals surface area contributed by atoms with Crippen LogP contribution in [0.25, 0.3) is 0 Å². The summed E-state index contributed by atoms with van der Waals surface area (Å²) in [5.74, 6) is -0.430. The quantitative estimate of drug-likeness (QED) is 0.660. The van der Waals surface area contributed by atoms with Crippen molar-refractivity contribution in [1.29, 1.82) is 0 Å². The van der Waals surface area contributed by atoms with Crippen LogP contribution in [0.4, 0.5) is 0 Å². The summed E-state index contributed by atoms with van der Waals surface area (Å²) in [5.41, 5.74) is -1.89. The molecule has 1 aromatic rings. The number of rotatable bonds is 4. The molecule has 2 heterocycles.